The van der Waals surface area contributed by atoms with Gasteiger partial charge in [0.05, 0.1) is 56.8 Å². The largest absolute Gasteiger partial charge is 0.438 e. The maximum atomic E-state index is 16.1. The van der Waals surface area contributed by atoms with E-state index in [1.54, 1.807) is 51.8 Å². The number of H-pyrrole nitrogens is 1. The number of benzene rings is 2. The second kappa shape index (κ2) is 14.1. The van der Waals surface area contributed by atoms with E-state index in [4.69, 9.17) is 14.4 Å². The molecular weight excluding hydrogens is 835 g/mol. The summed E-state index contributed by atoms with van der Waals surface area (Å²) in [6.45, 7) is 7.12. The first-order valence-corrected chi connectivity index (χ1v) is 22.3. The second-order valence-corrected chi connectivity index (χ2v) is 18.9. The minimum atomic E-state index is -0.766. The van der Waals surface area contributed by atoms with Crippen LogP contribution in [0.3, 0.4) is 0 Å². The maximum absolute atomic E-state index is 16.1. The molecule has 8 heterocycles. The molecule has 1 saturated heterocycles. The van der Waals surface area contributed by atoms with E-state index in [9.17, 15) is 9.59 Å². The molecule has 2 aliphatic heterocycles. The van der Waals surface area contributed by atoms with Crippen molar-refractivity contribution in [1.29, 1.82) is 0 Å². The fraction of sp³-hybridized carbons (Fsp3) is 0.375. The third kappa shape index (κ3) is 6.14. The highest BCUT2D eigenvalue weighted by molar-refractivity contribution is 5.98. The molecular formula is C48H46F2N10O5. The van der Waals surface area contributed by atoms with Gasteiger partial charge in [0.2, 0.25) is 0 Å². The van der Waals surface area contributed by atoms with Crippen molar-refractivity contribution in [3.05, 3.63) is 145 Å². The summed E-state index contributed by atoms with van der Waals surface area (Å²) in [4.78, 5) is 47.1. The van der Waals surface area contributed by atoms with Crippen molar-refractivity contribution in [2.45, 2.75) is 94.6 Å². The predicted molar refractivity (Wildman–Crippen MR) is 234 cm³/mol. The number of imidazole rings is 1. The maximum Gasteiger partial charge on any atom is 0.438 e. The summed E-state index contributed by atoms with van der Waals surface area (Å²) >= 11 is 0. The first-order chi connectivity index (χ1) is 31.3. The van der Waals surface area contributed by atoms with Crippen LogP contribution in [0.4, 0.5) is 8.78 Å². The first-order valence-electron chi connectivity index (χ1n) is 22.3. The number of hydrogen-bond donors (Lipinski definition) is 1. The van der Waals surface area contributed by atoms with Crippen LogP contribution in [0, 0.1) is 11.6 Å². The van der Waals surface area contributed by atoms with Gasteiger partial charge in [-0.15, -0.1) is 0 Å². The van der Waals surface area contributed by atoms with E-state index in [1.807, 2.05) is 23.6 Å². The molecule has 0 unspecified atom stereocenters. The Morgan fingerprint density at radius 3 is 2.52 bits per heavy atom. The number of halogens is 2. The van der Waals surface area contributed by atoms with Gasteiger partial charge in [-0.05, 0) is 131 Å². The minimum Gasteiger partial charge on any atom is -0.376 e. The fourth-order valence-electron chi connectivity index (χ4n) is 10.7. The molecule has 2 aliphatic carbocycles. The van der Waals surface area contributed by atoms with Gasteiger partial charge in [-0.1, -0.05) is 5.16 Å². The Morgan fingerprint density at radius 1 is 0.954 bits per heavy atom. The molecule has 15 nitrogen and oxygen atoms in total. The zero-order chi connectivity index (χ0) is 44.7. The molecule has 4 aliphatic rings. The van der Waals surface area contributed by atoms with Crippen molar-refractivity contribution in [2.75, 3.05) is 13.2 Å². The average Bonchev–Trinajstić information content (AvgIpc) is 4.03. The summed E-state index contributed by atoms with van der Waals surface area (Å²) in [7, 11) is 1.72. The summed E-state index contributed by atoms with van der Waals surface area (Å²) < 4.78 is 50.4. The van der Waals surface area contributed by atoms with Gasteiger partial charge in [0.15, 0.2) is 11.6 Å². The quantitative estimate of drug-likeness (QED) is 0.167. The Labute approximate surface area is 369 Å². The van der Waals surface area contributed by atoms with Crippen LogP contribution in [-0.4, -0.2) is 72.8 Å². The Hall–Kier alpha value is -6.88. The number of carbonyl (C=O) groups is 1. The predicted octanol–water partition coefficient (Wildman–Crippen LogP) is 7.30. The summed E-state index contributed by atoms with van der Waals surface area (Å²) in [5.74, 6) is -0.679. The zero-order valence-corrected chi connectivity index (χ0v) is 36.3. The highest BCUT2D eigenvalue weighted by Crippen LogP contribution is 2.54. The van der Waals surface area contributed by atoms with Crippen molar-refractivity contribution in [1.82, 2.24) is 48.1 Å². The standard InChI is InChI=1S/C48H46F2N10O5/c1-26-39-36(53-60(30-7-8-35(49)32(22-30)27-5-6-27)42(39)59-19-18-58(46(59)63)38-10-9-37-34(40(38)50)25-51-55(37)4)12-17-56(26)43(61)33-23-31-21-28(29-13-20-64-47(2,3)24-29)11-16-57(31)41(33)48(14-15-48)44-52-45(62)65-54-44/h7-11,16,18-19,21-23,25-27,29H,5-6,12-15,17,20,24H2,1-4H3,(H,52,54,62)/t26-,29+/m0/s1. The summed E-state index contributed by atoms with van der Waals surface area (Å²) in [5, 5.41) is 13.7. The SMILES string of the molecule is C[C@H]1c2c(nn(-c3ccc(F)c(C4CC4)c3)c2-n2ccn(-c3ccc4c(cnn4C)c3F)c2=O)CCN1C(=O)c1cc2cc([C@@H]3CCOC(C)(C)C3)ccn2c1C1(c2noc(=O)[nH]2)CC1. The van der Waals surface area contributed by atoms with Crippen molar-refractivity contribution in [2.24, 2.45) is 7.05 Å². The van der Waals surface area contributed by atoms with Gasteiger partial charge in [0.1, 0.15) is 11.6 Å². The highest BCUT2D eigenvalue weighted by Gasteiger charge is 2.54. The number of aryl methyl sites for hydroxylation is 1. The number of rotatable bonds is 8. The molecule has 332 valence electrons. The monoisotopic (exact) mass is 880 g/mol. The van der Waals surface area contributed by atoms with E-state index in [0.29, 0.717) is 77.6 Å². The third-order valence-electron chi connectivity index (χ3n) is 14.4. The lowest BCUT2D eigenvalue weighted by Crippen LogP contribution is -2.40. The van der Waals surface area contributed by atoms with Gasteiger partial charge >= 0.3 is 11.4 Å². The molecule has 8 aromatic rings. The molecule has 0 spiro atoms. The van der Waals surface area contributed by atoms with Gasteiger partial charge in [0, 0.05) is 62.0 Å². The van der Waals surface area contributed by atoms with Crippen LogP contribution in [0.15, 0.2) is 87.4 Å². The lowest BCUT2D eigenvalue weighted by atomic mass is 9.84. The number of hydrogen-bond acceptors (Lipinski definition) is 8. The van der Waals surface area contributed by atoms with E-state index in [1.165, 1.54) is 27.6 Å². The number of nitrogens with zero attached hydrogens (tertiary/aromatic N) is 9. The van der Waals surface area contributed by atoms with E-state index in [0.717, 1.165) is 42.5 Å². The van der Waals surface area contributed by atoms with Crippen LogP contribution in [0.5, 0.6) is 0 Å². The van der Waals surface area contributed by atoms with E-state index in [-0.39, 0.29) is 40.2 Å². The van der Waals surface area contributed by atoms with E-state index < -0.39 is 28.7 Å². The van der Waals surface area contributed by atoms with E-state index >= 15 is 13.6 Å². The number of nitrogens with one attached hydrogen (secondary N) is 1. The van der Waals surface area contributed by atoms with Gasteiger partial charge in [0.25, 0.3) is 5.91 Å². The highest BCUT2D eigenvalue weighted by atomic mass is 19.1. The van der Waals surface area contributed by atoms with Crippen LogP contribution >= 0.6 is 0 Å². The molecule has 0 radical (unpaired) electrons. The Kier molecular flexibility index (Phi) is 8.58. The smallest absolute Gasteiger partial charge is 0.376 e. The van der Waals surface area contributed by atoms with Crippen molar-refractivity contribution in [3.63, 3.8) is 0 Å². The molecule has 2 aromatic carbocycles. The number of pyridine rings is 1. The normalized spacial score (nSPS) is 20.2. The van der Waals surface area contributed by atoms with Crippen LogP contribution in [0.2, 0.25) is 0 Å². The minimum absolute atomic E-state index is 0.0521. The van der Waals surface area contributed by atoms with E-state index in [2.05, 4.69) is 41.2 Å². The second-order valence-electron chi connectivity index (χ2n) is 18.9. The summed E-state index contributed by atoms with van der Waals surface area (Å²) in [6.07, 6.45) is 11.7. The molecule has 17 heteroatoms. The van der Waals surface area contributed by atoms with Gasteiger partial charge in [-0.2, -0.15) is 10.2 Å². The van der Waals surface area contributed by atoms with Crippen LogP contribution in [0.25, 0.3) is 33.6 Å². The Balaban J connectivity index is 0.994. The van der Waals surface area contributed by atoms with Crippen LogP contribution in [-0.2, 0) is 23.6 Å². The number of ether oxygens (including phenoxy) is 1. The number of aromatic nitrogens is 9. The fourth-order valence-corrected chi connectivity index (χ4v) is 10.7. The molecule has 3 fully saturated rings. The molecule has 1 amide bonds. The van der Waals surface area contributed by atoms with Crippen molar-refractivity contribution < 1.29 is 22.8 Å². The van der Waals surface area contributed by atoms with Crippen molar-refractivity contribution >= 4 is 22.3 Å². The molecule has 0 bridgehead atoms. The Morgan fingerprint density at radius 2 is 1.77 bits per heavy atom. The van der Waals surface area contributed by atoms with Crippen LogP contribution < -0.4 is 11.4 Å². The molecule has 2 saturated carbocycles. The number of amides is 1. The van der Waals surface area contributed by atoms with Crippen molar-refractivity contribution in [3.8, 4) is 17.2 Å². The molecule has 2 atom stereocenters. The zero-order valence-electron chi connectivity index (χ0n) is 36.3. The number of fused-ring (bicyclic) bond motifs is 3. The number of aromatic amines is 1. The third-order valence-corrected chi connectivity index (χ3v) is 14.4. The lowest BCUT2D eigenvalue weighted by Gasteiger charge is -2.35. The number of carbonyl (C=O) groups excluding carboxylic acids is 1. The van der Waals surface area contributed by atoms with Gasteiger partial charge in [-0.25, -0.2) is 23.1 Å². The van der Waals surface area contributed by atoms with Crippen LogP contribution in [0.1, 0.15) is 121 Å². The topological polar surface area (TPSA) is 155 Å². The first kappa shape index (κ1) is 39.7. The summed E-state index contributed by atoms with van der Waals surface area (Å²) in [6, 6.07) is 13.7. The molecule has 1 N–H and O–H groups in total. The van der Waals surface area contributed by atoms with Gasteiger partial charge in [-0.3, -0.25) is 28.1 Å². The molecule has 12 rings (SSSR count). The average molecular weight is 881 g/mol. The molecule has 6 aromatic heterocycles. The summed E-state index contributed by atoms with van der Waals surface area (Å²) in [5.41, 5.74) is 4.71. The molecule has 65 heavy (non-hydrogen) atoms. The Bertz CT molecular complexity index is 3390. The van der Waals surface area contributed by atoms with Gasteiger partial charge < -0.3 is 14.0 Å². The lowest BCUT2D eigenvalue weighted by molar-refractivity contribution is -0.0593.